The Balaban J connectivity index is 2.99. The third-order valence-electron chi connectivity index (χ3n) is 2.99. The number of alkyl halides is 3. The molecule has 0 fully saturated rings. The Hall–Kier alpha value is -0.590. The molecule has 0 aromatic heterocycles. The third kappa shape index (κ3) is 5.07. The fourth-order valence-electron chi connectivity index (χ4n) is 2.03. The van der Waals surface area contributed by atoms with Gasteiger partial charge in [0.2, 0.25) is 0 Å². The lowest BCUT2D eigenvalue weighted by Crippen LogP contribution is -2.22. The van der Waals surface area contributed by atoms with E-state index in [1.807, 2.05) is 6.92 Å². The maximum Gasteiger partial charge on any atom is 0.416 e. The van der Waals surface area contributed by atoms with Crippen LogP contribution in [0.5, 0.6) is 0 Å². The van der Waals surface area contributed by atoms with Crippen LogP contribution in [0.25, 0.3) is 0 Å². The van der Waals surface area contributed by atoms with Gasteiger partial charge in [-0.1, -0.05) is 22.9 Å². The van der Waals surface area contributed by atoms with E-state index in [1.165, 1.54) is 12.1 Å². The Kier molecular flexibility index (Phi) is 6.99. The molecule has 1 unspecified atom stereocenters. The van der Waals surface area contributed by atoms with Crippen molar-refractivity contribution in [3.05, 3.63) is 33.8 Å². The first-order chi connectivity index (χ1) is 9.40. The van der Waals surface area contributed by atoms with Crippen LogP contribution in [0.1, 0.15) is 36.9 Å². The van der Waals surface area contributed by atoms with E-state index in [2.05, 4.69) is 21.2 Å². The van der Waals surface area contributed by atoms with Crippen LogP contribution in [0.3, 0.4) is 0 Å². The van der Waals surface area contributed by atoms with E-state index in [0.29, 0.717) is 23.2 Å². The highest BCUT2D eigenvalue weighted by molar-refractivity contribution is 9.10. The van der Waals surface area contributed by atoms with Gasteiger partial charge in [-0.05, 0) is 43.1 Å². The number of ether oxygens (including phenoxy) is 1. The van der Waals surface area contributed by atoms with Gasteiger partial charge in [0.1, 0.15) is 0 Å². The first-order valence-electron chi connectivity index (χ1n) is 6.49. The van der Waals surface area contributed by atoms with Crippen LogP contribution in [-0.4, -0.2) is 20.3 Å². The van der Waals surface area contributed by atoms with Gasteiger partial charge in [0.25, 0.3) is 0 Å². The second kappa shape index (κ2) is 8.00. The van der Waals surface area contributed by atoms with Crippen LogP contribution >= 0.6 is 15.9 Å². The average molecular weight is 354 g/mol. The Morgan fingerprint density at radius 1 is 1.35 bits per heavy atom. The molecule has 0 radical (unpaired) electrons. The van der Waals surface area contributed by atoms with Gasteiger partial charge < -0.3 is 10.1 Å². The highest BCUT2D eigenvalue weighted by Crippen LogP contribution is 2.35. The fraction of sp³-hybridized carbons (Fsp3) is 0.571. The third-order valence-corrected chi connectivity index (χ3v) is 3.71. The van der Waals surface area contributed by atoms with Gasteiger partial charge >= 0.3 is 6.18 Å². The smallest absolute Gasteiger partial charge is 0.385 e. The van der Waals surface area contributed by atoms with E-state index in [0.717, 1.165) is 18.9 Å². The topological polar surface area (TPSA) is 21.3 Å². The SMILES string of the molecule is CCNC(CCCOC)c1cc(C(F)(F)F)ccc1Br. The minimum Gasteiger partial charge on any atom is -0.385 e. The molecule has 0 spiro atoms. The molecule has 0 saturated carbocycles. The van der Waals surface area contributed by atoms with Crippen molar-refractivity contribution < 1.29 is 17.9 Å². The maximum atomic E-state index is 12.8. The summed E-state index contributed by atoms with van der Waals surface area (Å²) in [6.07, 6.45) is -2.81. The van der Waals surface area contributed by atoms with E-state index in [-0.39, 0.29) is 6.04 Å². The summed E-state index contributed by atoms with van der Waals surface area (Å²) in [5.74, 6) is 0. The van der Waals surface area contributed by atoms with E-state index >= 15 is 0 Å². The van der Waals surface area contributed by atoms with Crippen molar-refractivity contribution in [1.82, 2.24) is 5.32 Å². The average Bonchev–Trinajstić information content (AvgIpc) is 2.37. The molecule has 1 atom stereocenters. The molecule has 0 heterocycles. The summed E-state index contributed by atoms with van der Waals surface area (Å²) >= 11 is 3.34. The predicted molar refractivity (Wildman–Crippen MR) is 76.7 cm³/mol. The zero-order valence-corrected chi connectivity index (χ0v) is 13.1. The Morgan fingerprint density at radius 3 is 2.60 bits per heavy atom. The van der Waals surface area contributed by atoms with Gasteiger partial charge in [-0.25, -0.2) is 0 Å². The standard InChI is InChI=1S/C14H19BrF3NO/c1-3-19-13(5-4-8-20-2)11-9-10(14(16,17)18)6-7-12(11)15/h6-7,9,13,19H,3-5,8H2,1-2H3. The van der Waals surface area contributed by atoms with Crippen LogP contribution in [0, 0.1) is 0 Å². The van der Waals surface area contributed by atoms with Crippen molar-refractivity contribution in [3.63, 3.8) is 0 Å². The van der Waals surface area contributed by atoms with E-state index in [1.54, 1.807) is 7.11 Å². The summed E-state index contributed by atoms with van der Waals surface area (Å²) in [5.41, 5.74) is 0.0168. The molecule has 0 aliphatic carbocycles. The molecule has 0 aliphatic heterocycles. The van der Waals surface area contributed by atoms with Gasteiger partial charge in [-0.3, -0.25) is 0 Å². The maximum absolute atomic E-state index is 12.8. The summed E-state index contributed by atoms with van der Waals surface area (Å²) in [5, 5.41) is 3.22. The first kappa shape index (κ1) is 17.5. The Labute approximate surface area is 125 Å². The molecular weight excluding hydrogens is 335 g/mol. The van der Waals surface area contributed by atoms with Crippen molar-refractivity contribution >= 4 is 15.9 Å². The number of nitrogens with one attached hydrogen (secondary N) is 1. The lowest BCUT2D eigenvalue weighted by molar-refractivity contribution is -0.137. The molecule has 6 heteroatoms. The fourth-order valence-corrected chi connectivity index (χ4v) is 2.56. The van der Waals surface area contributed by atoms with Gasteiger partial charge in [0.15, 0.2) is 0 Å². The summed E-state index contributed by atoms with van der Waals surface area (Å²) in [6.45, 7) is 3.23. The summed E-state index contributed by atoms with van der Waals surface area (Å²) in [4.78, 5) is 0. The van der Waals surface area contributed by atoms with Gasteiger partial charge in [-0.2, -0.15) is 13.2 Å². The van der Waals surface area contributed by atoms with E-state index < -0.39 is 11.7 Å². The van der Waals surface area contributed by atoms with Crippen LogP contribution < -0.4 is 5.32 Å². The molecule has 1 N–H and O–H groups in total. The van der Waals surface area contributed by atoms with Gasteiger partial charge in [0.05, 0.1) is 5.56 Å². The highest BCUT2D eigenvalue weighted by Gasteiger charge is 2.31. The number of benzene rings is 1. The summed E-state index contributed by atoms with van der Waals surface area (Å²) in [7, 11) is 1.61. The zero-order valence-electron chi connectivity index (χ0n) is 11.6. The molecule has 2 nitrogen and oxygen atoms in total. The molecule has 0 saturated heterocycles. The first-order valence-corrected chi connectivity index (χ1v) is 7.28. The van der Waals surface area contributed by atoms with Crippen molar-refractivity contribution in [2.45, 2.75) is 32.0 Å². The highest BCUT2D eigenvalue weighted by atomic mass is 79.9. The summed E-state index contributed by atoms with van der Waals surface area (Å²) < 4.78 is 44.1. The normalized spacial score (nSPS) is 13.5. The van der Waals surface area contributed by atoms with Crippen molar-refractivity contribution in [2.75, 3.05) is 20.3 Å². The predicted octanol–water partition coefficient (Wildman–Crippen LogP) is 4.55. The van der Waals surface area contributed by atoms with E-state index in [4.69, 9.17) is 4.74 Å². The van der Waals surface area contributed by atoms with Crippen LogP contribution in [-0.2, 0) is 10.9 Å². The molecule has 20 heavy (non-hydrogen) atoms. The number of halogens is 4. The number of methoxy groups -OCH3 is 1. The number of hydrogen-bond donors (Lipinski definition) is 1. The molecule has 1 aromatic rings. The van der Waals surface area contributed by atoms with Gasteiger partial charge in [-0.15, -0.1) is 0 Å². The molecular formula is C14H19BrF3NO. The molecule has 0 amide bonds. The lowest BCUT2D eigenvalue weighted by Gasteiger charge is -2.21. The molecule has 1 rings (SSSR count). The van der Waals surface area contributed by atoms with Crippen LogP contribution in [0.4, 0.5) is 13.2 Å². The van der Waals surface area contributed by atoms with Crippen molar-refractivity contribution in [1.29, 1.82) is 0 Å². The molecule has 114 valence electrons. The van der Waals surface area contributed by atoms with E-state index in [9.17, 15) is 13.2 Å². The lowest BCUT2D eigenvalue weighted by atomic mass is 9.99. The zero-order chi connectivity index (χ0) is 15.2. The Bertz CT molecular complexity index is 423. The van der Waals surface area contributed by atoms with Crippen LogP contribution in [0.15, 0.2) is 22.7 Å². The van der Waals surface area contributed by atoms with Crippen molar-refractivity contribution in [3.8, 4) is 0 Å². The number of rotatable bonds is 7. The summed E-state index contributed by atoms with van der Waals surface area (Å²) in [6, 6.07) is 3.64. The van der Waals surface area contributed by atoms with Gasteiger partial charge in [0, 0.05) is 24.2 Å². The minimum absolute atomic E-state index is 0.119. The number of hydrogen-bond acceptors (Lipinski definition) is 2. The van der Waals surface area contributed by atoms with Crippen molar-refractivity contribution in [2.24, 2.45) is 0 Å². The molecule has 0 bridgehead atoms. The molecule has 0 aliphatic rings. The van der Waals surface area contributed by atoms with Crippen LogP contribution in [0.2, 0.25) is 0 Å². The molecule has 1 aromatic carbocycles. The quantitative estimate of drug-likeness (QED) is 0.726. The largest absolute Gasteiger partial charge is 0.416 e. The minimum atomic E-state index is -4.32. The second-order valence-electron chi connectivity index (χ2n) is 4.48. The second-order valence-corrected chi connectivity index (χ2v) is 5.33. The monoisotopic (exact) mass is 353 g/mol. The Morgan fingerprint density at radius 2 is 2.05 bits per heavy atom.